The van der Waals surface area contributed by atoms with Crippen molar-refractivity contribution in [2.45, 2.75) is 0 Å². The number of hydrogen-bond donors (Lipinski definition) is 1. The van der Waals surface area contributed by atoms with E-state index in [1.807, 2.05) is 30.3 Å². The molecule has 0 aliphatic heterocycles. The fourth-order valence-electron chi connectivity index (χ4n) is 1.75. The number of aromatic nitrogens is 3. The summed E-state index contributed by atoms with van der Waals surface area (Å²) in [5.41, 5.74) is 0.684. The van der Waals surface area contributed by atoms with E-state index in [1.165, 1.54) is 0 Å². The van der Waals surface area contributed by atoms with Crippen LogP contribution in [0.3, 0.4) is 0 Å². The average Bonchev–Trinajstić information content (AvgIpc) is 2.81. The van der Waals surface area contributed by atoms with Gasteiger partial charge in [-0.25, -0.2) is 0 Å². The van der Waals surface area contributed by atoms with Crippen LogP contribution in [0.1, 0.15) is 0 Å². The molecule has 3 rings (SSSR count). The number of phenols is 1. The summed E-state index contributed by atoms with van der Waals surface area (Å²) in [5, 5.41) is 19.4. The van der Waals surface area contributed by atoms with Gasteiger partial charge in [0, 0.05) is 0 Å². The van der Waals surface area contributed by atoms with Gasteiger partial charge in [-0.15, -0.1) is 10.2 Å². The van der Waals surface area contributed by atoms with Crippen LogP contribution in [-0.4, -0.2) is 19.9 Å². The van der Waals surface area contributed by atoms with Gasteiger partial charge < -0.3 is 5.11 Å². The third kappa shape index (κ3) is 1.32. The quantitative estimate of drug-likeness (QED) is 0.670. The van der Waals surface area contributed by atoms with Gasteiger partial charge in [0.25, 0.3) is 0 Å². The van der Waals surface area contributed by atoms with Crippen molar-refractivity contribution < 1.29 is 5.11 Å². The summed E-state index contributed by atoms with van der Waals surface area (Å²) >= 11 is 0. The summed E-state index contributed by atoms with van der Waals surface area (Å²) in [6.45, 7) is 0. The predicted octanol–water partition coefficient (Wildman–Crippen LogP) is 2.13. The van der Waals surface area contributed by atoms with Crippen molar-refractivity contribution in [2.75, 3.05) is 0 Å². The first-order chi connectivity index (χ1) is 7.84. The molecule has 0 unspecified atom stereocenters. The minimum absolute atomic E-state index is 0.221. The monoisotopic (exact) mass is 211 g/mol. The number of fused-ring (bicyclic) bond motifs is 1. The molecule has 16 heavy (non-hydrogen) atoms. The maximum atomic E-state index is 9.90. The van der Waals surface area contributed by atoms with Gasteiger partial charge in [-0.05, 0) is 22.9 Å². The second-order valence-corrected chi connectivity index (χ2v) is 3.56. The molecule has 1 heterocycles. The molecule has 0 amide bonds. The van der Waals surface area contributed by atoms with Crippen LogP contribution in [0.4, 0.5) is 0 Å². The Kier molecular flexibility index (Phi) is 1.86. The summed E-state index contributed by atoms with van der Waals surface area (Å²) < 4.78 is 1.68. The van der Waals surface area contributed by atoms with E-state index in [9.17, 15) is 5.11 Å². The van der Waals surface area contributed by atoms with Crippen molar-refractivity contribution in [3.63, 3.8) is 0 Å². The van der Waals surface area contributed by atoms with Crippen LogP contribution in [0.25, 0.3) is 16.5 Å². The number of phenolic OH excluding ortho intramolecular Hbond substituents is 1. The SMILES string of the molecule is Oc1cc2ccccc2cc1-n1cnnc1. The molecule has 78 valence electrons. The molecule has 3 aromatic rings. The minimum atomic E-state index is 0.221. The van der Waals surface area contributed by atoms with Gasteiger partial charge in [0.2, 0.25) is 0 Å². The third-order valence-electron chi connectivity index (χ3n) is 2.54. The van der Waals surface area contributed by atoms with Crippen molar-refractivity contribution in [1.29, 1.82) is 0 Å². The van der Waals surface area contributed by atoms with Gasteiger partial charge in [-0.1, -0.05) is 24.3 Å². The highest BCUT2D eigenvalue weighted by atomic mass is 16.3. The summed E-state index contributed by atoms with van der Waals surface area (Å²) in [6, 6.07) is 11.5. The minimum Gasteiger partial charge on any atom is -0.506 e. The van der Waals surface area contributed by atoms with Crippen molar-refractivity contribution >= 4 is 10.8 Å². The lowest BCUT2D eigenvalue weighted by atomic mass is 10.1. The number of nitrogens with zero attached hydrogens (tertiary/aromatic N) is 3. The summed E-state index contributed by atoms with van der Waals surface area (Å²) in [4.78, 5) is 0. The number of aromatic hydroxyl groups is 1. The molecule has 0 saturated heterocycles. The number of benzene rings is 2. The molecule has 0 radical (unpaired) electrons. The van der Waals surface area contributed by atoms with Gasteiger partial charge in [-0.3, -0.25) is 4.57 Å². The van der Waals surface area contributed by atoms with Crippen LogP contribution < -0.4 is 0 Å². The molecule has 0 atom stereocenters. The predicted molar refractivity (Wildman–Crippen MR) is 60.5 cm³/mol. The molecule has 0 spiro atoms. The average molecular weight is 211 g/mol. The smallest absolute Gasteiger partial charge is 0.140 e. The van der Waals surface area contributed by atoms with Crippen LogP contribution in [0.15, 0.2) is 49.1 Å². The largest absolute Gasteiger partial charge is 0.506 e. The van der Waals surface area contributed by atoms with Crippen LogP contribution >= 0.6 is 0 Å². The molecule has 1 N–H and O–H groups in total. The van der Waals surface area contributed by atoms with Gasteiger partial charge in [-0.2, -0.15) is 0 Å². The van der Waals surface area contributed by atoms with E-state index in [0.717, 1.165) is 10.8 Å². The van der Waals surface area contributed by atoms with E-state index in [1.54, 1.807) is 23.3 Å². The zero-order chi connectivity index (χ0) is 11.0. The Balaban J connectivity index is 2.30. The van der Waals surface area contributed by atoms with Crippen molar-refractivity contribution in [3.8, 4) is 11.4 Å². The Labute approximate surface area is 91.8 Å². The maximum Gasteiger partial charge on any atom is 0.140 e. The Morgan fingerprint density at radius 2 is 1.56 bits per heavy atom. The fraction of sp³-hybridized carbons (Fsp3) is 0. The molecule has 0 fully saturated rings. The Morgan fingerprint density at radius 1 is 0.938 bits per heavy atom. The van der Waals surface area contributed by atoms with E-state index in [0.29, 0.717) is 5.69 Å². The van der Waals surface area contributed by atoms with Gasteiger partial charge in [0.1, 0.15) is 18.4 Å². The van der Waals surface area contributed by atoms with Crippen LogP contribution in [0.5, 0.6) is 5.75 Å². The van der Waals surface area contributed by atoms with Crippen molar-refractivity contribution in [2.24, 2.45) is 0 Å². The van der Waals surface area contributed by atoms with Crippen molar-refractivity contribution in [3.05, 3.63) is 49.1 Å². The first-order valence-corrected chi connectivity index (χ1v) is 4.91. The molecule has 2 aromatic carbocycles. The lowest BCUT2D eigenvalue weighted by Gasteiger charge is -2.06. The first-order valence-electron chi connectivity index (χ1n) is 4.91. The highest BCUT2D eigenvalue weighted by Gasteiger charge is 2.05. The van der Waals surface area contributed by atoms with Gasteiger partial charge in [0.05, 0.1) is 5.69 Å². The molecule has 0 bridgehead atoms. The number of rotatable bonds is 1. The molecular formula is C12H9N3O. The van der Waals surface area contributed by atoms with Crippen LogP contribution in [0, 0.1) is 0 Å². The number of hydrogen-bond acceptors (Lipinski definition) is 3. The zero-order valence-corrected chi connectivity index (χ0v) is 8.41. The summed E-state index contributed by atoms with van der Waals surface area (Å²) in [7, 11) is 0. The zero-order valence-electron chi connectivity index (χ0n) is 8.41. The van der Waals surface area contributed by atoms with Gasteiger partial charge in [0.15, 0.2) is 0 Å². The van der Waals surface area contributed by atoms with E-state index >= 15 is 0 Å². The third-order valence-corrected chi connectivity index (χ3v) is 2.54. The second-order valence-electron chi connectivity index (χ2n) is 3.56. The van der Waals surface area contributed by atoms with E-state index < -0.39 is 0 Å². The lowest BCUT2D eigenvalue weighted by molar-refractivity contribution is 0.473. The Hall–Kier alpha value is -2.36. The van der Waals surface area contributed by atoms with Gasteiger partial charge >= 0.3 is 0 Å². The Bertz CT molecular complexity index is 632. The molecule has 1 aromatic heterocycles. The van der Waals surface area contributed by atoms with E-state index in [2.05, 4.69) is 10.2 Å². The normalized spacial score (nSPS) is 10.8. The van der Waals surface area contributed by atoms with Crippen molar-refractivity contribution in [1.82, 2.24) is 14.8 Å². The highest BCUT2D eigenvalue weighted by molar-refractivity contribution is 5.86. The Morgan fingerprint density at radius 3 is 2.25 bits per heavy atom. The van der Waals surface area contributed by atoms with E-state index in [4.69, 9.17) is 0 Å². The topological polar surface area (TPSA) is 50.9 Å². The fourth-order valence-corrected chi connectivity index (χ4v) is 1.75. The molecule has 4 nitrogen and oxygen atoms in total. The van der Waals surface area contributed by atoms with Crippen LogP contribution in [-0.2, 0) is 0 Å². The summed E-state index contributed by atoms with van der Waals surface area (Å²) in [5.74, 6) is 0.221. The lowest BCUT2D eigenvalue weighted by Crippen LogP contribution is -1.90. The first kappa shape index (κ1) is 8.91. The second kappa shape index (κ2) is 3.34. The molecule has 0 aliphatic carbocycles. The van der Waals surface area contributed by atoms with Crippen LogP contribution in [0.2, 0.25) is 0 Å². The molecule has 0 aliphatic rings. The molecule has 4 heteroatoms. The van der Waals surface area contributed by atoms with E-state index in [-0.39, 0.29) is 5.75 Å². The maximum absolute atomic E-state index is 9.90. The standard InChI is InChI=1S/C12H9N3O/c16-12-6-10-4-2-1-3-9(10)5-11(12)15-7-13-14-8-15/h1-8,16H. The molecule has 0 saturated carbocycles. The summed E-state index contributed by atoms with van der Waals surface area (Å²) in [6.07, 6.45) is 3.12. The molecular weight excluding hydrogens is 202 g/mol. The highest BCUT2D eigenvalue weighted by Crippen LogP contribution is 2.27.